The zero-order valence-electron chi connectivity index (χ0n) is 14.6. The molecule has 28 heavy (non-hydrogen) atoms. The quantitative estimate of drug-likeness (QED) is 0.564. The number of halogens is 1. The van der Waals surface area contributed by atoms with Crippen LogP contribution in [-0.2, 0) is 11.2 Å². The van der Waals surface area contributed by atoms with Crippen molar-refractivity contribution in [1.29, 1.82) is 0 Å². The number of carbonyl (C=O) groups is 2. The van der Waals surface area contributed by atoms with Gasteiger partial charge in [-0.05, 0) is 35.2 Å². The van der Waals surface area contributed by atoms with Crippen LogP contribution in [0.5, 0.6) is 0 Å². The van der Waals surface area contributed by atoms with E-state index in [1.165, 1.54) is 0 Å². The van der Waals surface area contributed by atoms with E-state index in [0.29, 0.717) is 11.4 Å². The Kier molecular flexibility index (Phi) is 5.96. The number of carboxylic acid groups (broad SMARTS) is 1. The summed E-state index contributed by atoms with van der Waals surface area (Å²) < 4.78 is 4.53. The predicted molar refractivity (Wildman–Crippen MR) is 103 cm³/mol. The molecule has 2 aromatic carbocycles. The number of aromatic amines is 1. The normalized spacial score (nSPS) is 11.8. The number of oxazole rings is 1. The first kappa shape index (κ1) is 19.4. The summed E-state index contributed by atoms with van der Waals surface area (Å²) in [5.41, 5.74) is 2.74. The summed E-state index contributed by atoms with van der Waals surface area (Å²) in [6.07, 6.45) is 1.05. The van der Waals surface area contributed by atoms with Crippen molar-refractivity contribution in [3.8, 4) is 11.1 Å². The van der Waals surface area contributed by atoms with E-state index in [0.717, 1.165) is 23.0 Å². The Bertz CT molecular complexity index is 1040. The Hall–Kier alpha value is -3.32. The van der Waals surface area contributed by atoms with Gasteiger partial charge in [0.25, 0.3) is 5.91 Å². The Balaban J connectivity index is 1.72. The van der Waals surface area contributed by atoms with E-state index in [1.54, 1.807) is 6.07 Å². The van der Waals surface area contributed by atoms with E-state index in [2.05, 4.69) is 14.7 Å². The first-order chi connectivity index (χ1) is 13.4. The number of nitrogens with one attached hydrogen (secondary N) is 2. The van der Waals surface area contributed by atoms with Gasteiger partial charge in [-0.1, -0.05) is 48.0 Å². The molecule has 0 bridgehead atoms. The van der Waals surface area contributed by atoms with Gasteiger partial charge in [0.05, 0.1) is 6.42 Å². The van der Waals surface area contributed by atoms with Gasteiger partial charge in [0, 0.05) is 11.1 Å². The number of carboxylic acids is 1. The molecule has 0 spiro atoms. The lowest BCUT2D eigenvalue weighted by Gasteiger charge is -2.16. The largest absolute Gasteiger partial charge is 0.481 e. The number of H-pyrrole nitrogens is 1. The van der Waals surface area contributed by atoms with Gasteiger partial charge < -0.3 is 14.8 Å². The van der Waals surface area contributed by atoms with Crippen molar-refractivity contribution in [3.63, 3.8) is 0 Å². The number of amides is 1. The summed E-state index contributed by atoms with van der Waals surface area (Å²) >= 11 is 6.02. The van der Waals surface area contributed by atoms with Crippen LogP contribution in [0.4, 0.5) is 0 Å². The van der Waals surface area contributed by atoms with Crippen LogP contribution in [0.25, 0.3) is 11.1 Å². The molecule has 0 aliphatic rings. The maximum Gasteiger partial charge on any atom is 0.416 e. The van der Waals surface area contributed by atoms with Crippen LogP contribution in [0.1, 0.15) is 22.5 Å². The van der Waals surface area contributed by atoms with E-state index in [4.69, 9.17) is 16.7 Å². The molecule has 1 aromatic heterocycles. The molecule has 8 heteroatoms. The second-order valence-electron chi connectivity index (χ2n) is 6.24. The van der Waals surface area contributed by atoms with E-state index in [9.17, 15) is 14.4 Å². The lowest BCUT2D eigenvalue weighted by Crippen LogP contribution is -2.38. The van der Waals surface area contributed by atoms with E-state index in [-0.39, 0.29) is 12.1 Å². The average molecular weight is 401 g/mol. The summed E-state index contributed by atoms with van der Waals surface area (Å²) in [5, 5.41) is 12.4. The highest BCUT2D eigenvalue weighted by molar-refractivity contribution is 6.30. The number of hydrogen-bond acceptors (Lipinski definition) is 4. The second kappa shape index (κ2) is 8.58. The number of aromatic nitrogens is 1. The maximum atomic E-state index is 12.2. The van der Waals surface area contributed by atoms with Crippen LogP contribution in [0.2, 0.25) is 5.02 Å². The first-order valence-electron chi connectivity index (χ1n) is 8.46. The predicted octanol–water partition coefficient (Wildman–Crippen LogP) is 3.10. The molecule has 0 saturated carbocycles. The molecular formula is C20H17ClN2O5. The zero-order chi connectivity index (χ0) is 20.1. The monoisotopic (exact) mass is 400 g/mol. The molecule has 0 aliphatic carbocycles. The van der Waals surface area contributed by atoms with Gasteiger partial charge in [-0.25, -0.2) is 4.79 Å². The Labute approximate surface area is 165 Å². The van der Waals surface area contributed by atoms with Crippen LogP contribution in [0, 0.1) is 0 Å². The van der Waals surface area contributed by atoms with Crippen molar-refractivity contribution in [2.45, 2.75) is 18.9 Å². The smallest absolute Gasteiger partial charge is 0.416 e. The van der Waals surface area contributed by atoms with E-state index < -0.39 is 23.7 Å². The first-order valence-corrected chi connectivity index (χ1v) is 8.84. The maximum absolute atomic E-state index is 12.2. The van der Waals surface area contributed by atoms with Crippen LogP contribution in [-0.4, -0.2) is 28.0 Å². The molecule has 3 rings (SSSR count). The van der Waals surface area contributed by atoms with Crippen molar-refractivity contribution in [2.75, 3.05) is 0 Å². The summed E-state index contributed by atoms with van der Waals surface area (Å²) in [6, 6.07) is 14.4. The van der Waals surface area contributed by atoms with Crippen molar-refractivity contribution >= 4 is 23.5 Å². The van der Waals surface area contributed by atoms with Crippen LogP contribution in [0.15, 0.2) is 64.0 Å². The minimum atomic E-state index is -1.04. The molecular weight excluding hydrogens is 384 g/mol. The average Bonchev–Trinajstić information content (AvgIpc) is 3.08. The number of carbonyl (C=O) groups excluding carboxylic acids is 1. The van der Waals surface area contributed by atoms with Gasteiger partial charge >= 0.3 is 11.7 Å². The van der Waals surface area contributed by atoms with Crippen molar-refractivity contribution < 1.29 is 19.1 Å². The Morgan fingerprint density at radius 3 is 2.50 bits per heavy atom. The highest BCUT2D eigenvalue weighted by Gasteiger charge is 2.19. The standard InChI is InChI=1S/C20H17ClN2O5/c21-15-3-1-2-14(9-15)13-6-4-12(5-7-13)8-16(10-18(24)25)22-19(26)17-11-28-20(27)23-17/h1-7,9,11,16H,8,10H2,(H,22,26)(H,23,27)(H,24,25). The minimum Gasteiger partial charge on any atom is -0.481 e. The lowest BCUT2D eigenvalue weighted by molar-refractivity contribution is -0.137. The van der Waals surface area contributed by atoms with Gasteiger partial charge in [-0.15, -0.1) is 0 Å². The number of hydrogen-bond donors (Lipinski definition) is 3. The Morgan fingerprint density at radius 1 is 1.14 bits per heavy atom. The molecule has 0 fully saturated rings. The van der Waals surface area contributed by atoms with Gasteiger partial charge in [0.15, 0.2) is 0 Å². The molecule has 1 amide bonds. The fraction of sp³-hybridized carbons (Fsp3) is 0.150. The topological polar surface area (TPSA) is 112 Å². The van der Waals surface area contributed by atoms with Gasteiger partial charge in [-0.2, -0.15) is 0 Å². The summed E-state index contributed by atoms with van der Waals surface area (Å²) in [6.45, 7) is 0. The summed E-state index contributed by atoms with van der Waals surface area (Å²) in [4.78, 5) is 36.6. The lowest BCUT2D eigenvalue weighted by atomic mass is 9.99. The van der Waals surface area contributed by atoms with Gasteiger partial charge in [0.2, 0.25) is 0 Å². The van der Waals surface area contributed by atoms with Crippen LogP contribution < -0.4 is 11.1 Å². The van der Waals surface area contributed by atoms with Crippen LogP contribution >= 0.6 is 11.6 Å². The highest BCUT2D eigenvalue weighted by Crippen LogP contribution is 2.23. The molecule has 1 heterocycles. The molecule has 3 N–H and O–H groups in total. The number of benzene rings is 2. The molecule has 7 nitrogen and oxygen atoms in total. The highest BCUT2D eigenvalue weighted by atomic mass is 35.5. The number of rotatable bonds is 7. The fourth-order valence-electron chi connectivity index (χ4n) is 2.83. The third-order valence-electron chi connectivity index (χ3n) is 4.12. The zero-order valence-corrected chi connectivity index (χ0v) is 15.4. The molecule has 1 atom stereocenters. The molecule has 3 aromatic rings. The minimum absolute atomic E-state index is 0.0586. The molecule has 0 radical (unpaired) electrons. The third kappa shape index (κ3) is 5.11. The van der Waals surface area contributed by atoms with Crippen molar-refractivity contribution in [3.05, 3.63) is 81.6 Å². The van der Waals surface area contributed by atoms with E-state index >= 15 is 0 Å². The summed E-state index contributed by atoms with van der Waals surface area (Å²) in [7, 11) is 0. The molecule has 0 aliphatic heterocycles. The number of aliphatic carboxylic acids is 1. The molecule has 0 saturated heterocycles. The van der Waals surface area contributed by atoms with Gasteiger partial charge in [0.1, 0.15) is 12.0 Å². The SMILES string of the molecule is O=C(O)CC(Cc1ccc(-c2cccc(Cl)c2)cc1)NC(=O)c1coc(=O)[nH]1. The van der Waals surface area contributed by atoms with Crippen molar-refractivity contribution in [1.82, 2.24) is 10.3 Å². The molecule has 1 unspecified atom stereocenters. The van der Waals surface area contributed by atoms with E-state index in [1.807, 2.05) is 42.5 Å². The molecule has 144 valence electrons. The van der Waals surface area contributed by atoms with Gasteiger partial charge in [-0.3, -0.25) is 14.6 Å². The third-order valence-corrected chi connectivity index (χ3v) is 4.35. The second-order valence-corrected chi connectivity index (χ2v) is 6.68. The van der Waals surface area contributed by atoms with Crippen LogP contribution in [0.3, 0.4) is 0 Å². The fourth-order valence-corrected chi connectivity index (χ4v) is 3.02. The Morgan fingerprint density at radius 2 is 1.89 bits per heavy atom. The van der Waals surface area contributed by atoms with Crippen molar-refractivity contribution in [2.24, 2.45) is 0 Å². The summed E-state index contributed by atoms with van der Waals surface area (Å²) in [5.74, 6) is -2.40.